The van der Waals surface area contributed by atoms with E-state index in [1.165, 1.54) is 140 Å². The van der Waals surface area contributed by atoms with Gasteiger partial charge in [-0.15, -0.1) is 0 Å². The van der Waals surface area contributed by atoms with Crippen LogP contribution in [0.3, 0.4) is 0 Å². The van der Waals surface area contributed by atoms with Crippen LogP contribution in [0.5, 0.6) is 0 Å². The normalized spacial score (nSPS) is 12.4. The van der Waals surface area contributed by atoms with Crippen LogP contribution >= 0.6 is 0 Å². The van der Waals surface area contributed by atoms with E-state index in [2.05, 4.69) is 77.3 Å². The van der Waals surface area contributed by atoms with Gasteiger partial charge in [0.05, 0.1) is 0 Å². The molecule has 0 fully saturated rings. The van der Waals surface area contributed by atoms with Crippen molar-refractivity contribution >= 4 is 6.08 Å². The fourth-order valence-electron chi connectivity index (χ4n) is 5.19. The molecule has 0 aliphatic carbocycles. The van der Waals surface area contributed by atoms with Crippen molar-refractivity contribution in [2.24, 2.45) is 10.8 Å². The van der Waals surface area contributed by atoms with Gasteiger partial charge in [-0.2, -0.15) is 0 Å². The van der Waals surface area contributed by atoms with Gasteiger partial charge in [0.25, 0.3) is 0 Å². The smallest absolute Gasteiger partial charge is 0.00218 e. The summed E-state index contributed by atoms with van der Waals surface area (Å²) in [7, 11) is 0. The lowest BCUT2D eigenvalue weighted by Gasteiger charge is -2.22. The maximum atomic E-state index is 3.88. The molecule has 0 radical (unpaired) electrons. The maximum absolute atomic E-state index is 3.88. The van der Waals surface area contributed by atoms with Crippen LogP contribution in [0.2, 0.25) is 0 Å². The molecule has 0 saturated carbocycles. The average Bonchev–Trinajstić information content (AvgIpc) is 2.83. The predicted molar refractivity (Wildman–Crippen MR) is 169 cm³/mol. The van der Waals surface area contributed by atoms with Gasteiger partial charge in [0, 0.05) is 6.54 Å². The summed E-state index contributed by atoms with van der Waals surface area (Å²) in [5.41, 5.74) is 3.69. The molecule has 1 heteroatoms. The van der Waals surface area contributed by atoms with Crippen LogP contribution in [-0.4, -0.2) is 24.5 Å². The van der Waals surface area contributed by atoms with Crippen molar-refractivity contribution in [3.05, 3.63) is 42.0 Å². The molecule has 0 amide bonds. The molecule has 0 atom stereocenters. The fraction of sp³-hybridized carbons (Fsp3) is 0.778. The Morgan fingerprint density at radius 3 is 1.30 bits per heavy atom. The summed E-state index contributed by atoms with van der Waals surface area (Å²) in [5.74, 6) is 0. The Kier molecular flexibility index (Phi) is 18.3. The summed E-state index contributed by atoms with van der Waals surface area (Å²) < 4.78 is 0. The lowest BCUT2D eigenvalue weighted by molar-refractivity contribution is 0.263. The highest BCUT2D eigenvalue weighted by Gasteiger charge is 2.10. The van der Waals surface area contributed by atoms with Crippen LogP contribution in [0.25, 0.3) is 6.08 Å². The Morgan fingerprint density at radius 1 is 0.541 bits per heavy atom. The molecular weight excluding hydrogens is 446 g/mol. The number of hydrogen-bond acceptors (Lipinski definition) is 1. The first-order valence-electron chi connectivity index (χ1n) is 16.0. The lowest BCUT2D eigenvalue weighted by atomic mass is 9.89. The first-order valence-corrected chi connectivity index (χ1v) is 16.0. The summed E-state index contributed by atoms with van der Waals surface area (Å²) in [4.78, 5) is 2.76. The second-order valence-corrected chi connectivity index (χ2v) is 14.1. The third-order valence-corrected chi connectivity index (χ3v) is 7.73. The van der Waals surface area contributed by atoms with Gasteiger partial charge in [0.2, 0.25) is 0 Å². The predicted octanol–water partition coefficient (Wildman–Crippen LogP) is 11.5. The molecule has 0 aromatic heterocycles. The Hall–Kier alpha value is -1.08. The van der Waals surface area contributed by atoms with E-state index in [1.54, 1.807) is 0 Å². The van der Waals surface area contributed by atoms with Crippen LogP contribution in [0.4, 0.5) is 0 Å². The van der Waals surface area contributed by atoms with Crippen molar-refractivity contribution in [1.82, 2.24) is 4.90 Å². The summed E-state index contributed by atoms with van der Waals surface area (Å²) in [6.45, 7) is 21.8. The quantitative estimate of drug-likeness (QED) is 0.140. The van der Waals surface area contributed by atoms with Gasteiger partial charge >= 0.3 is 0 Å². The second kappa shape index (κ2) is 19.9. The molecule has 37 heavy (non-hydrogen) atoms. The maximum Gasteiger partial charge on any atom is 0.00218 e. The molecule has 1 aromatic carbocycles. The molecule has 0 spiro atoms. The molecule has 1 nitrogen and oxygen atoms in total. The standard InChI is InChI=1S/C36H65N/c1-8-33-23-25-34(26-24-33)27-32-37(30-21-17-13-9-11-15-19-28-35(2,3)4)31-22-18-14-10-12-16-20-29-36(5,6)7/h8,23-26H,1,9-22,27-32H2,2-7H3. The summed E-state index contributed by atoms with van der Waals surface area (Å²) in [6.07, 6.45) is 25.6. The van der Waals surface area contributed by atoms with E-state index >= 15 is 0 Å². The zero-order valence-corrected chi connectivity index (χ0v) is 26.2. The van der Waals surface area contributed by atoms with Crippen molar-refractivity contribution in [3.63, 3.8) is 0 Å². The van der Waals surface area contributed by atoms with E-state index < -0.39 is 0 Å². The first-order chi connectivity index (χ1) is 17.6. The number of unbranched alkanes of at least 4 members (excludes halogenated alkanes) is 12. The molecule has 1 rings (SSSR count). The van der Waals surface area contributed by atoms with Gasteiger partial charge in [-0.3, -0.25) is 0 Å². The van der Waals surface area contributed by atoms with Gasteiger partial charge in [0.15, 0.2) is 0 Å². The monoisotopic (exact) mass is 512 g/mol. The molecule has 0 aliphatic rings. The average molecular weight is 512 g/mol. The summed E-state index contributed by atoms with van der Waals surface area (Å²) in [6, 6.07) is 8.98. The van der Waals surface area contributed by atoms with E-state index in [9.17, 15) is 0 Å². The molecule has 0 saturated heterocycles. The van der Waals surface area contributed by atoms with Crippen molar-refractivity contribution in [1.29, 1.82) is 0 Å². The van der Waals surface area contributed by atoms with E-state index in [1.807, 2.05) is 6.08 Å². The first kappa shape index (κ1) is 33.9. The summed E-state index contributed by atoms with van der Waals surface area (Å²) >= 11 is 0. The Morgan fingerprint density at radius 2 is 0.919 bits per heavy atom. The molecule has 1 aromatic rings. The second-order valence-electron chi connectivity index (χ2n) is 14.1. The van der Waals surface area contributed by atoms with E-state index in [-0.39, 0.29) is 0 Å². The van der Waals surface area contributed by atoms with Crippen LogP contribution in [0.1, 0.15) is 155 Å². The van der Waals surface area contributed by atoms with Gasteiger partial charge < -0.3 is 4.90 Å². The van der Waals surface area contributed by atoms with Crippen molar-refractivity contribution < 1.29 is 0 Å². The van der Waals surface area contributed by atoms with E-state index in [4.69, 9.17) is 0 Å². The minimum absolute atomic E-state index is 0.503. The molecule has 0 unspecified atom stereocenters. The zero-order chi connectivity index (χ0) is 27.4. The third-order valence-electron chi connectivity index (χ3n) is 7.73. The Labute approximate surface area is 233 Å². The van der Waals surface area contributed by atoms with Crippen molar-refractivity contribution in [3.8, 4) is 0 Å². The lowest BCUT2D eigenvalue weighted by Crippen LogP contribution is -2.28. The highest BCUT2D eigenvalue weighted by molar-refractivity contribution is 5.47. The minimum Gasteiger partial charge on any atom is -0.303 e. The van der Waals surface area contributed by atoms with Crippen LogP contribution in [0.15, 0.2) is 30.8 Å². The van der Waals surface area contributed by atoms with E-state index in [0.29, 0.717) is 10.8 Å². The van der Waals surface area contributed by atoms with E-state index in [0.717, 1.165) is 0 Å². The summed E-state index contributed by atoms with van der Waals surface area (Å²) in [5, 5.41) is 0. The highest BCUT2D eigenvalue weighted by Crippen LogP contribution is 2.23. The van der Waals surface area contributed by atoms with Crippen molar-refractivity contribution in [2.75, 3.05) is 19.6 Å². The number of hydrogen-bond donors (Lipinski definition) is 0. The molecule has 0 heterocycles. The van der Waals surface area contributed by atoms with Crippen LogP contribution in [0, 0.1) is 10.8 Å². The van der Waals surface area contributed by atoms with Gasteiger partial charge in [-0.25, -0.2) is 0 Å². The SMILES string of the molecule is C=Cc1ccc(CCN(CCCCCCCCCC(C)(C)C)CCCCCCCCCC(C)(C)C)cc1. The molecular formula is C36H65N. The molecule has 0 aliphatic heterocycles. The topological polar surface area (TPSA) is 3.24 Å². The Balaban J connectivity index is 2.25. The third kappa shape index (κ3) is 21.5. The fourth-order valence-corrected chi connectivity index (χ4v) is 5.19. The number of rotatable bonds is 22. The van der Waals surface area contributed by atoms with Crippen molar-refractivity contribution in [2.45, 2.75) is 151 Å². The largest absolute Gasteiger partial charge is 0.303 e. The van der Waals surface area contributed by atoms with Crippen LogP contribution in [-0.2, 0) is 6.42 Å². The molecule has 214 valence electrons. The number of benzene rings is 1. The number of nitrogens with zero attached hydrogens (tertiary/aromatic N) is 1. The molecule has 0 bridgehead atoms. The Bertz CT molecular complexity index is 625. The van der Waals surface area contributed by atoms with Gasteiger partial charge in [-0.1, -0.05) is 156 Å². The highest BCUT2D eigenvalue weighted by atomic mass is 15.1. The van der Waals surface area contributed by atoms with Crippen LogP contribution < -0.4 is 0 Å². The van der Waals surface area contributed by atoms with Gasteiger partial charge in [0.1, 0.15) is 0 Å². The molecule has 0 N–H and O–H groups in total. The minimum atomic E-state index is 0.503. The zero-order valence-electron chi connectivity index (χ0n) is 26.2. The van der Waals surface area contributed by atoms with Gasteiger partial charge in [-0.05, 0) is 67.2 Å².